The second kappa shape index (κ2) is 2.64. The lowest BCUT2D eigenvalue weighted by molar-refractivity contribution is 0.433. The Kier molecular flexibility index (Phi) is 1.85. The predicted molar refractivity (Wildman–Crippen MR) is 33.7 cm³/mol. The van der Waals surface area contributed by atoms with E-state index in [1.807, 2.05) is 0 Å². The molecule has 0 aromatic carbocycles. The molecule has 0 aliphatic carbocycles. The second-order valence-electron chi connectivity index (χ2n) is 1.89. The van der Waals surface area contributed by atoms with Crippen LogP contribution in [0.3, 0.4) is 0 Å². The van der Waals surface area contributed by atoms with Crippen molar-refractivity contribution in [1.29, 1.82) is 0 Å². The number of halogens is 1. The molecule has 1 atom stereocenters. The first-order chi connectivity index (χ1) is 4.34. The maximum absolute atomic E-state index is 11.8. The summed E-state index contributed by atoms with van der Waals surface area (Å²) >= 11 is 0. The van der Waals surface area contributed by atoms with Gasteiger partial charge in [-0.1, -0.05) is 0 Å². The summed E-state index contributed by atoms with van der Waals surface area (Å²) in [6.45, 7) is -0.513. The molecule has 0 saturated heterocycles. The molecule has 0 amide bonds. The molecule has 3 N–H and O–H groups in total. The van der Waals surface area contributed by atoms with Crippen molar-refractivity contribution in [2.75, 3.05) is 6.67 Å². The van der Waals surface area contributed by atoms with E-state index in [9.17, 15) is 4.39 Å². The van der Waals surface area contributed by atoms with Gasteiger partial charge in [0.15, 0.2) is 0 Å². The van der Waals surface area contributed by atoms with Crippen LogP contribution < -0.4 is 5.73 Å². The van der Waals surface area contributed by atoms with Gasteiger partial charge in [0.2, 0.25) is 0 Å². The van der Waals surface area contributed by atoms with Crippen molar-refractivity contribution in [2.45, 2.75) is 6.04 Å². The van der Waals surface area contributed by atoms with Crippen molar-refractivity contribution >= 4 is 0 Å². The molecule has 1 heterocycles. The Morgan fingerprint density at radius 1 is 1.78 bits per heavy atom. The second-order valence-corrected chi connectivity index (χ2v) is 1.89. The molecule has 3 heteroatoms. The van der Waals surface area contributed by atoms with Crippen molar-refractivity contribution in [3.05, 3.63) is 24.0 Å². The van der Waals surface area contributed by atoms with Crippen LogP contribution in [-0.2, 0) is 0 Å². The fourth-order valence-corrected chi connectivity index (χ4v) is 0.658. The lowest BCUT2D eigenvalue weighted by Crippen LogP contribution is -2.12. The molecule has 50 valence electrons. The first-order valence-corrected chi connectivity index (χ1v) is 2.79. The van der Waals surface area contributed by atoms with Gasteiger partial charge in [-0.25, -0.2) is 4.39 Å². The third-order valence-corrected chi connectivity index (χ3v) is 1.19. The Balaban J connectivity index is 2.65. The first kappa shape index (κ1) is 6.29. The Bertz CT molecular complexity index is 160. The summed E-state index contributed by atoms with van der Waals surface area (Å²) in [4.78, 5) is 2.82. The van der Waals surface area contributed by atoms with Crippen molar-refractivity contribution < 1.29 is 4.39 Å². The molecule has 0 radical (unpaired) electrons. The zero-order valence-corrected chi connectivity index (χ0v) is 4.97. The number of H-pyrrole nitrogens is 1. The van der Waals surface area contributed by atoms with Crippen molar-refractivity contribution in [3.8, 4) is 0 Å². The minimum Gasteiger partial charge on any atom is -0.364 e. The highest BCUT2D eigenvalue weighted by atomic mass is 19.1. The molecule has 1 rings (SSSR count). The third-order valence-electron chi connectivity index (χ3n) is 1.19. The topological polar surface area (TPSA) is 41.8 Å². The van der Waals surface area contributed by atoms with E-state index in [2.05, 4.69) is 4.98 Å². The van der Waals surface area contributed by atoms with E-state index in [0.717, 1.165) is 5.69 Å². The van der Waals surface area contributed by atoms with E-state index >= 15 is 0 Å². The third kappa shape index (κ3) is 1.29. The van der Waals surface area contributed by atoms with Crippen LogP contribution in [0.2, 0.25) is 0 Å². The van der Waals surface area contributed by atoms with Gasteiger partial charge in [0.1, 0.15) is 6.67 Å². The Morgan fingerprint density at radius 2 is 2.56 bits per heavy atom. The van der Waals surface area contributed by atoms with Gasteiger partial charge in [0, 0.05) is 11.9 Å². The minimum atomic E-state index is -0.513. The summed E-state index contributed by atoms with van der Waals surface area (Å²) < 4.78 is 11.8. The van der Waals surface area contributed by atoms with Gasteiger partial charge in [-0.05, 0) is 12.1 Å². The molecule has 0 spiro atoms. The number of alkyl halides is 1. The van der Waals surface area contributed by atoms with Crippen LogP contribution >= 0.6 is 0 Å². The largest absolute Gasteiger partial charge is 0.364 e. The molecule has 0 bridgehead atoms. The van der Waals surface area contributed by atoms with Crippen LogP contribution in [0.15, 0.2) is 18.3 Å². The molecule has 1 unspecified atom stereocenters. The van der Waals surface area contributed by atoms with Gasteiger partial charge >= 0.3 is 0 Å². The predicted octanol–water partition coefficient (Wildman–Crippen LogP) is 0.984. The summed E-state index contributed by atoms with van der Waals surface area (Å²) in [5, 5.41) is 0. The van der Waals surface area contributed by atoms with Crippen LogP contribution in [0, 0.1) is 0 Å². The molecule has 0 aliphatic rings. The molecule has 9 heavy (non-hydrogen) atoms. The van der Waals surface area contributed by atoms with E-state index in [-0.39, 0.29) is 0 Å². The van der Waals surface area contributed by atoms with E-state index in [0.29, 0.717) is 0 Å². The number of nitrogens with two attached hydrogens (primary N) is 1. The smallest absolute Gasteiger partial charge is 0.110 e. The van der Waals surface area contributed by atoms with Gasteiger partial charge < -0.3 is 10.7 Å². The quantitative estimate of drug-likeness (QED) is 0.612. The van der Waals surface area contributed by atoms with Crippen LogP contribution in [0.4, 0.5) is 4.39 Å². The van der Waals surface area contributed by atoms with Gasteiger partial charge in [0.25, 0.3) is 0 Å². The molecule has 0 saturated carbocycles. The number of rotatable bonds is 2. The number of hydrogen-bond donors (Lipinski definition) is 2. The summed E-state index contributed by atoms with van der Waals surface area (Å²) in [7, 11) is 0. The van der Waals surface area contributed by atoms with Crippen LogP contribution in [0.25, 0.3) is 0 Å². The van der Waals surface area contributed by atoms with E-state index in [4.69, 9.17) is 5.73 Å². The maximum Gasteiger partial charge on any atom is 0.110 e. The monoisotopic (exact) mass is 128 g/mol. The maximum atomic E-state index is 11.8. The highest BCUT2D eigenvalue weighted by Crippen LogP contribution is 2.05. The lowest BCUT2D eigenvalue weighted by Gasteiger charge is -2.01. The van der Waals surface area contributed by atoms with Crippen molar-refractivity contribution in [3.63, 3.8) is 0 Å². The van der Waals surface area contributed by atoms with E-state index < -0.39 is 12.7 Å². The molecule has 1 aromatic rings. The Hall–Kier alpha value is -0.830. The zero-order chi connectivity index (χ0) is 6.69. The SMILES string of the molecule is NC(CF)c1ccc[nH]1. The summed E-state index contributed by atoms with van der Waals surface area (Å²) in [5.41, 5.74) is 6.08. The summed E-state index contributed by atoms with van der Waals surface area (Å²) in [6.07, 6.45) is 1.73. The van der Waals surface area contributed by atoms with Crippen molar-refractivity contribution in [1.82, 2.24) is 4.98 Å². The molecule has 2 nitrogen and oxygen atoms in total. The molecular formula is C6H9FN2. The summed E-state index contributed by atoms with van der Waals surface area (Å²) in [6, 6.07) is 3.08. The zero-order valence-electron chi connectivity index (χ0n) is 4.97. The summed E-state index contributed by atoms with van der Waals surface area (Å²) in [5.74, 6) is 0. The van der Waals surface area contributed by atoms with Gasteiger partial charge in [-0.3, -0.25) is 0 Å². The standard InChI is InChI=1S/C6H9FN2/c7-4-5(8)6-2-1-3-9-6/h1-3,5,9H,4,8H2. The normalized spacial score (nSPS) is 13.6. The Morgan fingerprint density at radius 3 is 3.00 bits per heavy atom. The first-order valence-electron chi connectivity index (χ1n) is 2.79. The molecule has 1 aromatic heterocycles. The minimum absolute atomic E-state index is 0.486. The average Bonchev–Trinajstić information content (AvgIpc) is 2.37. The average molecular weight is 128 g/mol. The highest BCUT2D eigenvalue weighted by Gasteiger charge is 2.03. The lowest BCUT2D eigenvalue weighted by atomic mass is 10.2. The molecule has 0 aliphatic heterocycles. The van der Waals surface area contributed by atoms with Gasteiger partial charge in [0.05, 0.1) is 6.04 Å². The number of aromatic amines is 1. The van der Waals surface area contributed by atoms with Crippen LogP contribution in [0.1, 0.15) is 11.7 Å². The van der Waals surface area contributed by atoms with Gasteiger partial charge in [-0.15, -0.1) is 0 Å². The fraction of sp³-hybridized carbons (Fsp3) is 0.333. The van der Waals surface area contributed by atoms with Crippen molar-refractivity contribution in [2.24, 2.45) is 5.73 Å². The van der Waals surface area contributed by atoms with Gasteiger partial charge in [-0.2, -0.15) is 0 Å². The number of hydrogen-bond acceptors (Lipinski definition) is 1. The van der Waals surface area contributed by atoms with Crippen LogP contribution in [0.5, 0.6) is 0 Å². The van der Waals surface area contributed by atoms with E-state index in [1.165, 1.54) is 0 Å². The highest BCUT2D eigenvalue weighted by molar-refractivity contribution is 5.07. The number of nitrogens with one attached hydrogen (secondary N) is 1. The molecule has 0 fully saturated rings. The molecular weight excluding hydrogens is 119 g/mol. The van der Waals surface area contributed by atoms with E-state index in [1.54, 1.807) is 18.3 Å². The van der Waals surface area contributed by atoms with Crippen LogP contribution in [-0.4, -0.2) is 11.7 Å². The Labute approximate surface area is 52.9 Å². The fourth-order valence-electron chi connectivity index (χ4n) is 0.658. The number of aromatic nitrogens is 1.